The highest BCUT2D eigenvalue weighted by Gasteiger charge is 2.50. The Labute approximate surface area is 210 Å². The molecule has 0 aromatic heterocycles. The number of benzene rings is 1. The quantitative estimate of drug-likeness (QED) is 0.245. The minimum Gasteiger partial charge on any atom is -0.492 e. The predicted molar refractivity (Wildman–Crippen MR) is 127 cm³/mol. The van der Waals surface area contributed by atoms with Crippen molar-refractivity contribution in [2.75, 3.05) is 32.8 Å². The number of carbonyl (C=O) groups is 1. The second kappa shape index (κ2) is 12.3. The summed E-state index contributed by atoms with van der Waals surface area (Å²) in [5.41, 5.74) is -4.80. The van der Waals surface area contributed by atoms with Gasteiger partial charge in [0.1, 0.15) is 18.1 Å². The van der Waals surface area contributed by atoms with E-state index in [1.54, 1.807) is 38.1 Å². The summed E-state index contributed by atoms with van der Waals surface area (Å²) < 4.78 is 77.8. The fourth-order valence-electron chi connectivity index (χ4n) is 4.72. The largest absolute Gasteiger partial charge is 0.534 e. The molecule has 3 atom stereocenters. The fourth-order valence-corrected chi connectivity index (χ4v) is 5.26. The lowest BCUT2D eigenvalue weighted by Crippen LogP contribution is -2.36. The van der Waals surface area contributed by atoms with Gasteiger partial charge in [0.25, 0.3) is 0 Å². The summed E-state index contributed by atoms with van der Waals surface area (Å²) in [6.45, 7) is 7.08. The fraction of sp³-hybridized carbons (Fsp3) is 0.640. The van der Waals surface area contributed by atoms with Gasteiger partial charge in [-0.25, -0.2) is 0 Å². The zero-order valence-corrected chi connectivity index (χ0v) is 21.4. The van der Waals surface area contributed by atoms with Crippen LogP contribution in [-0.2, 0) is 30.3 Å². The molecule has 11 heteroatoms. The Morgan fingerprint density at radius 2 is 1.78 bits per heavy atom. The van der Waals surface area contributed by atoms with Gasteiger partial charge in [-0.3, -0.25) is 9.69 Å². The van der Waals surface area contributed by atoms with Crippen molar-refractivity contribution in [1.29, 1.82) is 0 Å². The summed E-state index contributed by atoms with van der Waals surface area (Å²) in [7, 11) is -5.83. The van der Waals surface area contributed by atoms with E-state index in [9.17, 15) is 26.4 Å². The Morgan fingerprint density at radius 1 is 1.11 bits per heavy atom. The molecule has 1 aliphatic carbocycles. The maximum atomic E-state index is 13.0. The molecule has 36 heavy (non-hydrogen) atoms. The van der Waals surface area contributed by atoms with E-state index in [-0.39, 0.29) is 25.2 Å². The number of alkyl halides is 3. The van der Waals surface area contributed by atoms with Crippen LogP contribution in [-0.4, -0.2) is 57.6 Å². The van der Waals surface area contributed by atoms with Gasteiger partial charge in [-0.2, -0.15) is 21.6 Å². The molecule has 0 spiro atoms. The maximum Gasteiger partial charge on any atom is 0.534 e. The van der Waals surface area contributed by atoms with Crippen LogP contribution in [0.5, 0.6) is 5.75 Å². The van der Waals surface area contributed by atoms with E-state index in [1.807, 2.05) is 0 Å². The molecule has 1 saturated heterocycles. The van der Waals surface area contributed by atoms with Crippen LogP contribution >= 0.6 is 0 Å². The van der Waals surface area contributed by atoms with Crippen LogP contribution in [0, 0.1) is 17.8 Å². The average Bonchev–Trinajstić information content (AvgIpc) is 2.82. The van der Waals surface area contributed by atoms with Crippen LogP contribution in [0.2, 0.25) is 0 Å². The molecular weight excluding hydrogens is 499 g/mol. The SMILES string of the molecule is CCOC(=O)C1CC=C(OS(=O)(=O)C(F)(F)F)C(Cc2ccc(OCCN3CCCCC3)cc2)C1C. The highest BCUT2D eigenvalue weighted by molar-refractivity contribution is 7.87. The highest BCUT2D eigenvalue weighted by atomic mass is 32.2. The number of ether oxygens (including phenoxy) is 2. The number of carbonyl (C=O) groups excluding carboxylic acids is 1. The van der Waals surface area contributed by atoms with Crippen molar-refractivity contribution in [2.45, 2.75) is 51.5 Å². The minimum absolute atomic E-state index is 0.0308. The first-order valence-corrected chi connectivity index (χ1v) is 13.7. The molecule has 3 unspecified atom stereocenters. The first-order chi connectivity index (χ1) is 17.0. The zero-order valence-electron chi connectivity index (χ0n) is 20.6. The summed E-state index contributed by atoms with van der Waals surface area (Å²) in [6.07, 6.45) is 5.15. The molecule has 0 saturated carbocycles. The van der Waals surface area contributed by atoms with E-state index in [0.29, 0.717) is 12.4 Å². The predicted octanol–water partition coefficient (Wildman–Crippen LogP) is 4.68. The summed E-state index contributed by atoms with van der Waals surface area (Å²) in [5, 5.41) is 0. The van der Waals surface area contributed by atoms with Crippen LogP contribution in [0.25, 0.3) is 0 Å². The Balaban J connectivity index is 1.70. The van der Waals surface area contributed by atoms with E-state index in [0.717, 1.165) is 25.2 Å². The number of rotatable bonds is 10. The van der Waals surface area contributed by atoms with Crippen LogP contribution in [0.4, 0.5) is 13.2 Å². The molecule has 1 heterocycles. The normalized spacial score (nSPS) is 23.6. The Bertz CT molecular complexity index is 1000. The highest BCUT2D eigenvalue weighted by Crippen LogP contribution is 2.40. The Kier molecular flexibility index (Phi) is 9.68. The van der Waals surface area contributed by atoms with E-state index < -0.39 is 39.3 Å². The van der Waals surface area contributed by atoms with Gasteiger partial charge in [-0.05, 0) is 75.4 Å². The number of nitrogens with zero attached hydrogens (tertiary/aromatic N) is 1. The minimum atomic E-state index is -5.83. The third-order valence-electron chi connectivity index (χ3n) is 6.79. The molecule has 2 aliphatic rings. The summed E-state index contributed by atoms with van der Waals surface area (Å²) in [6, 6.07) is 7.12. The van der Waals surface area contributed by atoms with E-state index in [2.05, 4.69) is 9.08 Å². The lowest BCUT2D eigenvalue weighted by molar-refractivity contribution is -0.150. The number of likely N-dealkylation sites (tertiary alicyclic amines) is 1. The molecule has 0 amide bonds. The van der Waals surface area contributed by atoms with Crippen molar-refractivity contribution in [3.8, 4) is 5.75 Å². The molecule has 202 valence electrons. The molecule has 1 aromatic rings. The van der Waals surface area contributed by atoms with Gasteiger partial charge < -0.3 is 13.7 Å². The lowest BCUT2D eigenvalue weighted by Gasteiger charge is -2.34. The first kappa shape index (κ1) is 28.3. The van der Waals surface area contributed by atoms with Gasteiger partial charge >= 0.3 is 21.6 Å². The zero-order chi connectivity index (χ0) is 26.3. The molecule has 1 fully saturated rings. The molecule has 0 radical (unpaired) electrons. The molecule has 1 aromatic carbocycles. The van der Waals surface area contributed by atoms with Gasteiger partial charge in [0, 0.05) is 12.5 Å². The first-order valence-electron chi connectivity index (χ1n) is 12.3. The van der Waals surface area contributed by atoms with Gasteiger partial charge in [0.2, 0.25) is 0 Å². The summed E-state index contributed by atoms with van der Waals surface area (Å²) in [4.78, 5) is 14.8. The monoisotopic (exact) mass is 533 g/mol. The van der Waals surface area contributed by atoms with Crippen molar-refractivity contribution in [2.24, 2.45) is 17.8 Å². The number of piperidine rings is 1. The summed E-state index contributed by atoms with van der Waals surface area (Å²) in [5.74, 6) is -2.00. The van der Waals surface area contributed by atoms with E-state index >= 15 is 0 Å². The third kappa shape index (κ3) is 7.38. The number of hydrogen-bond donors (Lipinski definition) is 0. The van der Waals surface area contributed by atoms with Crippen LogP contribution in [0.1, 0.15) is 45.1 Å². The molecule has 1 aliphatic heterocycles. The van der Waals surface area contributed by atoms with Gasteiger partial charge in [0.05, 0.1) is 12.5 Å². The van der Waals surface area contributed by atoms with Gasteiger partial charge in [-0.15, -0.1) is 0 Å². The molecule has 0 bridgehead atoms. The van der Waals surface area contributed by atoms with E-state index in [4.69, 9.17) is 9.47 Å². The second-order valence-electron chi connectivity index (χ2n) is 9.25. The number of hydrogen-bond acceptors (Lipinski definition) is 7. The lowest BCUT2D eigenvalue weighted by atomic mass is 9.73. The van der Waals surface area contributed by atoms with Gasteiger partial charge in [-0.1, -0.05) is 25.5 Å². The Hall–Kier alpha value is -2.27. The molecule has 0 N–H and O–H groups in total. The average molecular weight is 534 g/mol. The number of halogens is 3. The van der Waals surface area contributed by atoms with Crippen molar-refractivity contribution in [3.05, 3.63) is 41.7 Å². The van der Waals surface area contributed by atoms with Crippen LogP contribution in [0.3, 0.4) is 0 Å². The van der Waals surface area contributed by atoms with Crippen molar-refractivity contribution in [1.82, 2.24) is 4.90 Å². The number of esters is 1. The van der Waals surface area contributed by atoms with Crippen molar-refractivity contribution < 1.29 is 40.0 Å². The molecule has 7 nitrogen and oxygen atoms in total. The third-order valence-corrected chi connectivity index (χ3v) is 7.77. The van der Waals surface area contributed by atoms with Crippen LogP contribution in [0.15, 0.2) is 36.1 Å². The standard InChI is InChI=1S/C25H34F3NO6S/c1-3-33-24(30)21-11-12-23(35-36(31,32)25(26,27)28)22(18(21)2)17-19-7-9-20(10-8-19)34-16-15-29-13-5-4-6-14-29/h7-10,12,18,21-22H,3-6,11,13-17H2,1-2H3. The van der Waals surface area contributed by atoms with Crippen molar-refractivity contribution in [3.63, 3.8) is 0 Å². The number of allylic oxidation sites excluding steroid dienone is 2. The molecular formula is C25H34F3NO6S. The maximum absolute atomic E-state index is 13.0. The van der Waals surface area contributed by atoms with Crippen molar-refractivity contribution >= 4 is 16.1 Å². The topological polar surface area (TPSA) is 82.1 Å². The summed E-state index contributed by atoms with van der Waals surface area (Å²) >= 11 is 0. The smallest absolute Gasteiger partial charge is 0.492 e. The van der Waals surface area contributed by atoms with Crippen LogP contribution < -0.4 is 4.74 Å². The second-order valence-corrected chi connectivity index (χ2v) is 10.8. The molecule has 3 rings (SSSR count). The van der Waals surface area contributed by atoms with Gasteiger partial charge in [0.15, 0.2) is 0 Å². The Morgan fingerprint density at radius 3 is 2.39 bits per heavy atom. The van der Waals surface area contributed by atoms with E-state index in [1.165, 1.54) is 25.3 Å².